The molecule has 0 aliphatic carbocycles. The van der Waals surface area contributed by atoms with Crippen molar-refractivity contribution in [2.24, 2.45) is 0 Å². The molecule has 0 saturated carbocycles. The zero-order valence-electron chi connectivity index (χ0n) is 10.2. The van der Waals surface area contributed by atoms with Gasteiger partial charge in [-0.1, -0.05) is 0 Å². The van der Waals surface area contributed by atoms with Crippen molar-refractivity contribution in [3.05, 3.63) is 24.0 Å². The Morgan fingerprint density at radius 2 is 2.47 bits per heavy atom. The number of hydrogen-bond acceptors (Lipinski definition) is 4. The minimum Gasteiger partial charge on any atom is -0.366 e. The van der Waals surface area contributed by atoms with Crippen LogP contribution < -0.4 is 15.5 Å². The second kappa shape index (κ2) is 5.14. The molecule has 2 heterocycles. The van der Waals surface area contributed by atoms with Crippen LogP contribution in [-0.4, -0.2) is 43.6 Å². The van der Waals surface area contributed by atoms with Gasteiger partial charge in [-0.15, -0.1) is 0 Å². The van der Waals surface area contributed by atoms with Gasteiger partial charge in [-0.25, -0.2) is 0 Å². The van der Waals surface area contributed by atoms with E-state index in [1.54, 1.807) is 13.2 Å². The Balaban J connectivity index is 2.23. The van der Waals surface area contributed by atoms with Gasteiger partial charge in [-0.2, -0.15) is 0 Å². The maximum atomic E-state index is 11.5. The fourth-order valence-electron chi connectivity index (χ4n) is 2.07. The summed E-state index contributed by atoms with van der Waals surface area (Å²) in [5, 5.41) is 5.94. The molecule has 5 nitrogen and oxygen atoms in total. The molecule has 0 radical (unpaired) electrons. The molecule has 17 heavy (non-hydrogen) atoms. The van der Waals surface area contributed by atoms with E-state index >= 15 is 0 Å². The molecule has 0 bridgehead atoms. The number of anilines is 1. The third-order valence-corrected chi connectivity index (χ3v) is 3.04. The first-order valence-electron chi connectivity index (χ1n) is 5.88. The van der Waals surface area contributed by atoms with Gasteiger partial charge in [0.25, 0.3) is 5.91 Å². The van der Waals surface area contributed by atoms with E-state index in [0.717, 1.165) is 25.3 Å². The first-order chi connectivity index (χ1) is 8.22. The van der Waals surface area contributed by atoms with Crippen LogP contribution in [0.15, 0.2) is 18.3 Å². The maximum Gasteiger partial charge on any atom is 0.269 e. The molecule has 2 rings (SSSR count). The number of rotatable bonds is 2. The number of carbonyl (C=O) groups excluding carboxylic acids is 1. The summed E-state index contributed by atoms with van der Waals surface area (Å²) in [5.41, 5.74) is 1.53. The minimum atomic E-state index is -0.144. The molecule has 1 aliphatic heterocycles. The van der Waals surface area contributed by atoms with Crippen molar-refractivity contribution in [3.63, 3.8) is 0 Å². The molecule has 1 atom stereocenters. The smallest absolute Gasteiger partial charge is 0.269 e. The van der Waals surface area contributed by atoms with Crippen LogP contribution in [0.25, 0.3) is 0 Å². The van der Waals surface area contributed by atoms with Gasteiger partial charge in [0.2, 0.25) is 0 Å². The van der Waals surface area contributed by atoms with Gasteiger partial charge < -0.3 is 15.5 Å². The number of carbonyl (C=O) groups is 1. The highest BCUT2D eigenvalue weighted by Gasteiger charge is 2.19. The minimum absolute atomic E-state index is 0.144. The van der Waals surface area contributed by atoms with Crippen LogP contribution in [0.1, 0.15) is 17.4 Å². The Hall–Kier alpha value is -1.62. The Bertz CT molecular complexity index is 407. The van der Waals surface area contributed by atoms with Crippen LogP contribution in [0.2, 0.25) is 0 Å². The number of nitrogens with zero attached hydrogens (tertiary/aromatic N) is 2. The van der Waals surface area contributed by atoms with E-state index < -0.39 is 0 Å². The SMILES string of the molecule is CNC(=O)c1cc(N2CCNCC2C)ccn1. The lowest BCUT2D eigenvalue weighted by Gasteiger charge is -2.35. The van der Waals surface area contributed by atoms with Crippen LogP contribution >= 0.6 is 0 Å². The summed E-state index contributed by atoms with van der Waals surface area (Å²) >= 11 is 0. The van der Waals surface area contributed by atoms with Crippen molar-refractivity contribution in [1.29, 1.82) is 0 Å². The molecule has 1 unspecified atom stereocenters. The number of amides is 1. The molecular weight excluding hydrogens is 216 g/mol. The zero-order chi connectivity index (χ0) is 12.3. The van der Waals surface area contributed by atoms with Crippen molar-refractivity contribution < 1.29 is 4.79 Å². The second-order valence-electron chi connectivity index (χ2n) is 4.22. The van der Waals surface area contributed by atoms with Crippen LogP contribution in [0.3, 0.4) is 0 Å². The number of aromatic nitrogens is 1. The molecule has 5 heteroatoms. The number of piperazine rings is 1. The van der Waals surface area contributed by atoms with E-state index in [0.29, 0.717) is 11.7 Å². The standard InChI is InChI=1S/C12H18N4O/c1-9-8-14-5-6-16(9)10-3-4-15-11(7-10)12(17)13-2/h3-4,7,9,14H,5-6,8H2,1-2H3,(H,13,17). The van der Waals surface area contributed by atoms with E-state index in [1.165, 1.54) is 0 Å². The van der Waals surface area contributed by atoms with Gasteiger partial charge in [-0.05, 0) is 19.1 Å². The lowest BCUT2D eigenvalue weighted by molar-refractivity contribution is 0.0958. The van der Waals surface area contributed by atoms with Crippen molar-refractivity contribution in [2.45, 2.75) is 13.0 Å². The normalized spacial score (nSPS) is 20.1. The van der Waals surface area contributed by atoms with Crippen molar-refractivity contribution in [2.75, 3.05) is 31.6 Å². The Morgan fingerprint density at radius 3 is 3.18 bits per heavy atom. The fraction of sp³-hybridized carbons (Fsp3) is 0.500. The zero-order valence-corrected chi connectivity index (χ0v) is 10.2. The van der Waals surface area contributed by atoms with E-state index in [1.807, 2.05) is 12.1 Å². The van der Waals surface area contributed by atoms with Crippen molar-refractivity contribution in [1.82, 2.24) is 15.6 Å². The third-order valence-electron chi connectivity index (χ3n) is 3.04. The first kappa shape index (κ1) is 11.9. The Labute approximate surface area is 101 Å². The molecule has 92 valence electrons. The average Bonchev–Trinajstić information content (AvgIpc) is 2.38. The Morgan fingerprint density at radius 1 is 1.65 bits per heavy atom. The van der Waals surface area contributed by atoms with Crippen LogP contribution in [-0.2, 0) is 0 Å². The predicted molar refractivity (Wildman–Crippen MR) is 67.3 cm³/mol. The average molecular weight is 234 g/mol. The molecule has 2 N–H and O–H groups in total. The monoisotopic (exact) mass is 234 g/mol. The molecule has 1 aromatic rings. The summed E-state index contributed by atoms with van der Waals surface area (Å²) < 4.78 is 0. The topological polar surface area (TPSA) is 57.3 Å². The third kappa shape index (κ3) is 2.55. The molecule has 1 fully saturated rings. The molecule has 1 aromatic heterocycles. The van der Waals surface area contributed by atoms with Crippen LogP contribution in [0.4, 0.5) is 5.69 Å². The Kier molecular flexibility index (Phi) is 3.58. The fourth-order valence-corrected chi connectivity index (χ4v) is 2.07. The summed E-state index contributed by atoms with van der Waals surface area (Å²) in [5.74, 6) is -0.144. The first-order valence-corrected chi connectivity index (χ1v) is 5.88. The molecule has 0 aromatic carbocycles. The molecule has 1 aliphatic rings. The van der Waals surface area contributed by atoms with Crippen molar-refractivity contribution >= 4 is 11.6 Å². The molecular formula is C12H18N4O. The van der Waals surface area contributed by atoms with E-state index in [9.17, 15) is 4.79 Å². The summed E-state index contributed by atoms with van der Waals surface area (Å²) in [4.78, 5) is 17.9. The number of hydrogen-bond donors (Lipinski definition) is 2. The summed E-state index contributed by atoms with van der Waals surface area (Å²) in [6.07, 6.45) is 1.69. The molecule has 1 saturated heterocycles. The van der Waals surface area contributed by atoms with E-state index in [-0.39, 0.29) is 5.91 Å². The molecule has 1 amide bonds. The summed E-state index contributed by atoms with van der Waals surface area (Å²) in [6, 6.07) is 4.23. The highest BCUT2D eigenvalue weighted by molar-refractivity contribution is 5.92. The quantitative estimate of drug-likeness (QED) is 0.769. The lowest BCUT2D eigenvalue weighted by atomic mass is 10.2. The predicted octanol–water partition coefficient (Wildman–Crippen LogP) is 0.239. The molecule has 0 spiro atoms. The number of nitrogens with one attached hydrogen (secondary N) is 2. The van der Waals surface area contributed by atoms with E-state index in [2.05, 4.69) is 27.4 Å². The maximum absolute atomic E-state index is 11.5. The van der Waals surface area contributed by atoms with Gasteiger partial charge in [-0.3, -0.25) is 9.78 Å². The van der Waals surface area contributed by atoms with Gasteiger partial charge in [0, 0.05) is 44.6 Å². The summed E-state index contributed by atoms with van der Waals surface area (Å²) in [7, 11) is 1.62. The van der Waals surface area contributed by atoms with Gasteiger partial charge in [0.15, 0.2) is 0 Å². The van der Waals surface area contributed by atoms with Crippen LogP contribution in [0, 0.1) is 0 Å². The van der Waals surface area contributed by atoms with Gasteiger partial charge in [0.05, 0.1) is 0 Å². The van der Waals surface area contributed by atoms with Crippen LogP contribution in [0.5, 0.6) is 0 Å². The highest BCUT2D eigenvalue weighted by atomic mass is 16.1. The van der Waals surface area contributed by atoms with Crippen molar-refractivity contribution in [3.8, 4) is 0 Å². The highest BCUT2D eigenvalue weighted by Crippen LogP contribution is 2.18. The lowest BCUT2D eigenvalue weighted by Crippen LogP contribution is -2.50. The largest absolute Gasteiger partial charge is 0.366 e. The van der Waals surface area contributed by atoms with E-state index in [4.69, 9.17) is 0 Å². The second-order valence-corrected chi connectivity index (χ2v) is 4.22. The van der Waals surface area contributed by atoms with Gasteiger partial charge >= 0.3 is 0 Å². The number of pyridine rings is 1. The summed E-state index contributed by atoms with van der Waals surface area (Å²) in [6.45, 7) is 5.07. The van der Waals surface area contributed by atoms with Gasteiger partial charge in [0.1, 0.15) is 5.69 Å².